The smallest absolute Gasteiger partial charge is 0.432 e. The van der Waals surface area contributed by atoms with Crippen molar-refractivity contribution >= 4 is 0 Å². The summed E-state index contributed by atoms with van der Waals surface area (Å²) in [6.07, 6.45) is 4.35. The van der Waals surface area contributed by atoms with E-state index in [0.717, 1.165) is 36.8 Å². The molecule has 6 heteroatoms. The Kier molecular flexibility index (Phi) is 9.58. The summed E-state index contributed by atoms with van der Waals surface area (Å²) >= 11 is 0. The van der Waals surface area contributed by atoms with E-state index in [9.17, 15) is 17.6 Å². The lowest BCUT2D eigenvalue weighted by atomic mass is 10.0. The van der Waals surface area contributed by atoms with Gasteiger partial charge in [0, 0.05) is 6.07 Å². The van der Waals surface area contributed by atoms with E-state index < -0.39 is 29.1 Å². The van der Waals surface area contributed by atoms with E-state index in [1.165, 1.54) is 37.8 Å². The van der Waals surface area contributed by atoms with Gasteiger partial charge in [0.2, 0.25) is 0 Å². The molecule has 0 bridgehead atoms. The van der Waals surface area contributed by atoms with E-state index in [2.05, 4.69) is 13.0 Å². The highest BCUT2D eigenvalue weighted by atomic mass is 19.3. The van der Waals surface area contributed by atoms with E-state index in [-0.39, 0.29) is 11.5 Å². The molecule has 0 spiro atoms. The summed E-state index contributed by atoms with van der Waals surface area (Å²) in [5.41, 5.74) is 0.500. The molecule has 35 heavy (non-hydrogen) atoms. The summed E-state index contributed by atoms with van der Waals surface area (Å²) in [6, 6.07) is 15.7. The van der Waals surface area contributed by atoms with Crippen molar-refractivity contribution in [2.75, 3.05) is 0 Å². The third kappa shape index (κ3) is 7.48. The average Bonchev–Trinajstić information content (AvgIpc) is 2.84. The number of alkyl halides is 2. The molecular formula is C29H31F4O2. The van der Waals surface area contributed by atoms with Crippen molar-refractivity contribution in [3.8, 4) is 17.2 Å². The van der Waals surface area contributed by atoms with E-state index in [1.54, 1.807) is 36.4 Å². The number of aryl methyl sites for hydroxylation is 2. The second-order valence-electron chi connectivity index (χ2n) is 8.53. The van der Waals surface area contributed by atoms with Crippen LogP contribution in [0.15, 0.2) is 54.6 Å². The van der Waals surface area contributed by atoms with Crippen molar-refractivity contribution in [1.29, 1.82) is 0 Å². The number of halogens is 4. The normalized spacial score (nSPS) is 11.5. The number of ether oxygens (including phenoxy) is 2. The van der Waals surface area contributed by atoms with Gasteiger partial charge < -0.3 is 9.47 Å². The summed E-state index contributed by atoms with van der Waals surface area (Å²) in [6.45, 7) is 4.14. The molecule has 3 aromatic rings. The third-order valence-corrected chi connectivity index (χ3v) is 5.82. The number of hydrogen-bond acceptors (Lipinski definition) is 2. The first-order valence-electron chi connectivity index (χ1n) is 12.2. The van der Waals surface area contributed by atoms with E-state index in [4.69, 9.17) is 9.47 Å². The molecule has 0 N–H and O–H groups in total. The number of unbranched alkanes of at least 4 members (excludes halogenated alkanes) is 5. The predicted molar refractivity (Wildman–Crippen MR) is 129 cm³/mol. The topological polar surface area (TPSA) is 18.5 Å². The van der Waals surface area contributed by atoms with Crippen molar-refractivity contribution in [1.82, 2.24) is 0 Å². The van der Waals surface area contributed by atoms with Crippen LogP contribution in [0.4, 0.5) is 17.6 Å². The van der Waals surface area contributed by atoms with Gasteiger partial charge in [-0.2, -0.15) is 8.78 Å². The predicted octanol–water partition coefficient (Wildman–Crippen LogP) is 9.15. The minimum atomic E-state index is -4.26. The monoisotopic (exact) mass is 487 g/mol. The Labute approximate surface area is 204 Å². The molecule has 3 rings (SSSR count). The fourth-order valence-corrected chi connectivity index (χ4v) is 3.77. The maximum Gasteiger partial charge on any atom is 0.432 e. The fourth-order valence-electron chi connectivity index (χ4n) is 3.77. The molecule has 0 aliphatic carbocycles. The van der Waals surface area contributed by atoms with Gasteiger partial charge in [-0.3, -0.25) is 0 Å². The zero-order chi connectivity index (χ0) is 25.3. The van der Waals surface area contributed by atoms with Gasteiger partial charge in [0.15, 0.2) is 11.6 Å². The molecule has 0 heterocycles. The highest BCUT2D eigenvalue weighted by Crippen LogP contribution is 2.38. The fraction of sp³-hybridized carbons (Fsp3) is 0.379. The van der Waals surface area contributed by atoms with E-state index in [0.29, 0.717) is 6.07 Å². The standard InChI is InChI=1S/C29H31F4O2/c1-3-5-6-7-8-9-10-22-13-17-24(18-14-22)35-29(32,33)27-25(30)19-20-26(28(27)31)34-23-15-11-21(4-2)12-16-23/h11-19H,3-10H2,1-2H3. The van der Waals surface area contributed by atoms with Gasteiger partial charge in [-0.15, -0.1) is 0 Å². The lowest BCUT2D eigenvalue weighted by Crippen LogP contribution is -2.25. The van der Waals surface area contributed by atoms with Crippen molar-refractivity contribution in [3.63, 3.8) is 0 Å². The third-order valence-electron chi connectivity index (χ3n) is 5.82. The second kappa shape index (κ2) is 12.6. The zero-order valence-electron chi connectivity index (χ0n) is 20.2. The summed E-state index contributed by atoms with van der Waals surface area (Å²) in [5, 5.41) is 0. The second-order valence-corrected chi connectivity index (χ2v) is 8.53. The molecule has 1 radical (unpaired) electrons. The molecule has 3 aromatic carbocycles. The largest absolute Gasteiger partial charge is 0.454 e. The minimum Gasteiger partial charge on any atom is -0.454 e. The molecule has 0 unspecified atom stereocenters. The molecule has 0 atom stereocenters. The Morgan fingerprint density at radius 1 is 0.771 bits per heavy atom. The first-order chi connectivity index (χ1) is 16.8. The minimum absolute atomic E-state index is 0.189. The molecule has 187 valence electrons. The van der Waals surface area contributed by atoms with Crippen LogP contribution in [-0.2, 0) is 19.0 Å². The Hall–Kier alpha value is -3.02. The van der Waals surface area contributed by atoms with Gasteiger partial charge >= 0.3 is 6.11 Å². The van der Waals surface area contributed by atoms with Gasteiger partial charge in [-0.05, 0) is 60.7 Å². The van der Waals surface area contributed by atoms with Crippen LogP contribution in [0.2, 0.25) is 0 Å². The number of rotatable bonds is 13. The van der Waals surface area contributed by atoms with Crippen LogP contribution in [0.25, 0.3) is 0 Å². The molecule has 0 saturated carbocycles. The molecule has 0 saturated heterocycles. The molecule has 0 fully saturated rings. The summed E-state index contributed by atoms with van der Waals surface area (Å²) in [5.74, 6) is -3.63. The van der Waals surface area contributed by atoms with Crippen LogP contribution in [0.5, 0.6) is 17.2 Å². The SMILES string of the molecule is CCCCCCCCc1ccc(OC(F)(F)c2c(F)c[c]c(Oc3ccc(CC)cc3)c2F)cc1. The summed E-state index contributed by atoms with van der Waals surface area (Å²) < 4.78 is 69.0. The maximum absolute atomic E-state index is 14.9. The van der Waals surface area contributed by atoms with Crippen LogP contribution >= 0.6 is 0 Å². The van der Waals surface area contributed by atoms with Crippen molar-refractivity contribution in [3.05, 3.63) is 89.0 Å². The van der Waals surface area contributed by atoms with Gasteiger partial charge in [0.05, 0.1) is 0 Å². The average molecular weight is 488 g/mol. The Balaban J connectivity index is 1.67. The number of hydrogen-bond donors (Lipinski definition) is 0. The summed E-state index contributed by atoms with van der Waals surface area (Å²) in [7, 11) is 0. The van der Waals surface area contributed by atoms with Crippen molar-refractivity contribution < 1.29 is 27.0 Å². The van der Waals surface area contributed by atoms with Gasteiger partial charge in [0.25, 0.3) is 0 Å². The van der Waals surface area contributed by atoms with Gasteiger partial charge in [0.1, 0.15) is 22.9 Å². The van der Waals surface area contributed by atoms with Crippen LogP contribution in [0.3, 0.4) is 0 Å². The molecular weight excluding hydrogens is 456 g/mol. The van der Waals surface area contributed by atoms with Crippen molar-refractivity contribution in [2.24, 2.45) is 0 Å². The van der Waals surface area contributed by atoms with Crippen LogP contribution < -0.4 is 9.47 Å². The Bertz CT molecular complexity index is 1060. The Morgan fingerprint density at radius 3 is 2.03 bits per heavy atom. The lowest BCUT2D eigenvalue weighted by molar-refractivity contribution is -0.189. The van der Waals surface area contributed by atoms with Crippen LogP contribution in [0.1, 0.15) is 69.1 Å². The molecule has 0 amide bonds. The number of benzene rings is 3. The molecule has 2 nitrogen and oxygen atoms in total. The van der Waals surface area contributed by atoms with Crippen molar-refractivity contribution in [2.45, 2.75) is 71.3 Å². The zero-order valence-corrected chi connectivity index (χ0v) is 20.2. The lowest BCUT2D eigenvalue weighted by Gasteiger charge is -2.20. The maximum atomic E-state index is 14.9. The van der Waals surface area contributed by atoms with Crippen LogP contribution in [-0.4, -0.2) is 0 Å². The first-order valence-corrected chi connectivity index (χ1v) is 12.2. The molecule has 0 aliphatic rings. The molecule has 0 aliphatic heterocycles. The van der Waals surface area contributed by atoms with E-state index >= 15 is 0 Å². The summed E-state index contributed by atoms with van der Waals surface area (Å²) in [4.78, 5) is 0. The van der Waals surface area contributed by atoms with Gasteiger partial charge in [-0.1, -0.05) is 70.2 Å². The Morgan fingerprint density at radius 2 is 1.37 bits per heavy atom. The molecule has 0 aromatic heterocycles. The van der Waals surface area contributed by atoms with Crippen LogP contribution in [0, 0.1) is 17.7 Å². The quantitative estimate of drug-likeness (QED) is 0.177. The van der Waals surface area contributed by atoms with E-state index in [1.807, 2.05) is 6.92 Å². The highest BCUT2D eigenvalue weighted by Gasteiger charge is 2.42. The first kappa shape index (κ1) is 26.6. The van der Waals surface area contributed by atoms with Gasteiger partial charge in [-0.25, -0.2) is 8.78 Å². The highest BCUT2D eigenvalue weighted by molar-refractivity contribution is 5.38.